The SMILES string of the molecule is O=C(O)C1(c2csnn2)CCC1. The number of aliphatic carboxylic acids is 1. The summed E-state index contributed by atoms with van der Waals surface area (Å²) in [5.41, 5.74) is -0.0706. The molecule has 0 spiro atoms. The van der Waals surface area contributed by atoms with E-state index in [0.29, 0.717) is 18.5 Å². The lowest BCUT2D eigenvalue weighted by molar-refractivity contribution is -0.147. The number of rotatable bonds is 2. The van der Waals surface area contributed by atoms with Gasteiger partial charge in [0.2, 0.25) is 0 Å². The molecule has 1 aromatic rings. The zero-order chi connectivity index (χ0) is 8.60. The van der Waals surface area contributed by atoms with E-state index in [1.54, 1.807) is 5.38 Å². The molecule has 5 heteroatoms. The molecule has 1 N–H and O–H groups in total. The molecular formula is C7H8N2O2S. The van der Waals surface area contributed by atoms with Crippen LogP contribution in [0.5, 0.6) is 0 Å². The Morgan fingerprint density at radius 3 is 2.75 bits per heavy atom. The first-order valence-electron chi connectivity index (χ1n) is 3.77. The summed E-state index contributed by atoms with van der Waals surface area (Å²) in [6.45, 7) is 0. The van der Waals surface area contributed by atoms with Gasteiger partial charge in [0, 0.05) is 5.38 Å². The minimum atomic E-state index is -0.763. The van der Waals surface area contributed by atoms with Crippen LogP contribution in [-0.4, -0.2) is 20.7 Å². The van der Waals surface area contributed by atoms with Crippen LogP contribution in [0.25, 0.3) is 0 Å². The molecule has 12 heavy (non-hydrogen) atoms. The van der Waals surface area contributed by atoms with Crippen LogP contribution in [0.4, 0.5) is 0 Å². The topological polar surface area (TPSA) is 63.1 Å². The molecule has 0 aliphatic heterocycles. The first-order chi connectivity index (χ1) is 5.76. The monoisotopic (exact) mass is 184 g/mol. The van der Waals surface area contributed by atoms with E-state index in [9.17, 15) is 4.79 Å². The summed E-state index contributed by atoms with van der Waals surface area (Å²) in [5.74, 6) is -0.763. The molecule has 0 unspecified atom stereocenters. The predicted molar refractivity (Wildman–Crippen MR) is 43.1 cm³/mol. The van der Waals surface area contributed by atoms with Gasteiger partial charge in [0.15, 0.2) is 0 Å². The first kappa shape index (κ1) is 7.67. The van der Waals surface area contributed by atoms with Gasteiger partial charge in [-0.2, -0.15) is 0 Å². The maximum atomic E-state index is 10.9. The lowest BCUT2D eigenvalue weighted by Crippen LogP contribution is -2.42. The van der Waals surface area contributed by atoms with Crippen LogP contribution in [0, 0.1) is 0 Å². The summed E-state index contributed by atoms with van der Waals surface area (Å²) < 4.78 is 3.68. The van der Waals surface area contributed by atoms with Crippen molar-refractivity contribution in [1.82, 2.24) is 9.59 Å². The van der Waals surface area contributed by atoms with Gasteiger partial charge in [-0.1, -0.05) is 10.9 Å². The van der Waals surface area contributed by atoms with Gasteiger partial charge in [-0.3, -0.25) is 4.79 Å². The van der Waals surface area contributed by atoms with Crippen molar-refractivity contribution in [2.24, 2.45) is 0 Å². The van der Waals surface area contributed by atoms with Gasteiger partial charge in [-0.25, -0.2) is 0 Å². The van der Waals surface area contributed by atoms with Crippen molar-refractivity contribution in [2.75, 3.05) is 0 Å². The third-order valence-electron chi connectivity index (χ3n) is 2.47. The highest BCUT2D eigenvalue weighted by Crippen LogP contribution is 2.43. The Bertz CT molecular complexity index is 292. The van der Waals surface area contributed by atoms with Gasteiger partial charge in [-0.05, 0) is 24.4 Å². The lowest BCUT2D eigenvalue weighted by Gasteiger charge is -2.35. The number of carboxylic acid groups (broad SMARTS) is 1. The summed E-state index contributed by atoms with van der Waals surface area (Å²) in [7, 11) is 0. The van der Waals surface area contributed by atoms with Crippen molar-refractivity contribution >= 4 is 17.5 Å². The average molecular weight is 184 g/mol. The molecule has 1 aliphatic rings. The number of nitrogens with zero attached hydrogens (tertiary/aromatic N) is 2. The smallest absolute Gasteiger partial charge is 0.315 e. The normalized spacial score (nSPS) is 20.0. The molecule has 0 radical (unpaired) electrons. The van der Waals surface area contributed by atoms with Crippen molar-refractivity contribution in [3.63, 3.8) is 0 Å². The van der Waals surface area contributed by atoms with E-state index in [1.807, 2.05) is 0 Å². The Hall–Kier alpha value is -0.970. The van der Waals surface area contributed by atoms with Gasteiger partial charge < -0.3 is 5.11 Å². The fraction of sp³-hybridized carbons (Fsp3) is 0.571. The Kier molecular flexibility index (Phi) is 1.61. The second-order valence-electron chi connectivity index (χ2n) is 3.03. The average Bonchev–Trinajstić information content (AvgIpc) is 2.35. The van der Waals surface area contributed by atoms with E-state index in [0.717, 1.165) is 6.42 Å². The molecule has 0 amide bonds. The molecular weight excluding hydrogens is 176 g/mol. The van der Waals surface area contributed by atoms with Crippen LogP contribution >= 0.6 is 11.5 Å². The van der Waals surface area contributed by atoms with Gasteiger partial charge in [0.1, 0.15) is 5.41 Å². The fourth-order valence-corrected chi connectivity index (χ4v) is 2.04. The Labute approximate surface area is 73.4 Å². The summed E-state index contributed by atoms with van der Waals surface area (Å²) in [4.78, 5) is 10.9. The molecule has 1 aromatic heterocycles. The molecule has 0 aromatic carbocycles. The molecule has 2 rings (SSSR count). The van der Waals surface area contributed by atoms with Crippen molar-refractivity contribution in [2.45, 2.75) is 24.7 Å². The van der Waals surface area contributed by atoms with E-state index >= 15 is 0 Å². The molecule has 1 saturated carbocycles. The highest BCUT2D eigenvalue weighted by molar-refractivity contribution is 7.03. The van der Waals surface area contributed by atoms with Crippen molar-refractivity contribution < 1.29 is 9.90 Å². The summed E-state index contributed by atoms with van der Waals surface area (Å²) >= 11 is 1.21. The minimum absolute atomic E-state index is 0.631. The summed E-state index contributed by atoms with van der Waals surface area (Å²) in [6.07, 6.45) is 2.38. The number of hydrogen-bond acceptors (Lipinski definition) is 4. The Morgan fingerprint density at radius 2 is 2.42 bits per heavy atom. The highest BCUT2D eigenvalue weighted by Gasteiger charge is 2.47. The predicted octanol–water partition coefficient (Wildman–Crippen LogP) is 1.04. The van der Waals surface area contributed by atoms with Gasteiger partial charge in [0.05, 0.1) is 5.69 Å². The van der Waals surface area contributed by atoms with Gasteiger partial charge in [0.25, 0.3) is 0 Å². The maximum Gasteiger partial charge on any atom is 0.315 e. The second-order valence-corrected chi connectivity index (χ2v) is 3.64. The number of aromatic nitrogens is 2. The van der Waals surface area contributed by atoms with Crippen LogP contribution in [-0.2, 0) is 10.2 Å². The Balaban J connectivity index is 2.35. The van der Waals surface area contributed by atoms with Gasteiger partial charge in [-0.15, -0.1) is 5.10 Å². The largest absolute Gasteiger partial charge is 0.481 e. The molecule has 64 valence electrons. The maximum absolute atomic E-state index is 10.9. The van der Waals surface area contributed by atoms with E-state index in [4.69, 9.17) is 5.11 Å². The third kappa shape index (κ3) is 0.859. The van der Waals surface area contributed by atoms with E-state index in [1.165, 1.54) is 11.5 Å². The third-order valence-corrected chi connectivity index (χ3v) is 2.97. The van der Waals surface area contributed by atoms with Crippen molar-refractivity contribution in [3.05, 3.63) is 11.1 Å². The number of carboxylic acids is 1. The zero-order valence-corrected chi connectivity index (χ0v) is 7.17. The van der Waals surface area contributed by atoms with E-state index < -0.39 is 11.4 Å². The van der Waals surface area contributed by atoms with Gasteiger partial charge >= 0.3 is 5.97 Å². The molecule has 4 nitrogen and oxygen atoms in total. The Morgan fingerprint density at radius 1 is 1.67 bits per heavy atom. The van der Waals surface area contributed by atoms with Crippen molar-refractivity contribution in [3.8, 4) is 0 Å². The number of carbonyl (C=O) groups is 1. The van der Waals surface area contributed by atoms with Crippen LogP contribution in [0.1, 0.15) is 25.0 Å². The zero-order valence-electron chi connectivity index (χ0n) is 6.36. The van der Waals surface area contributed by atoms with E-state index in [2.05, 4.69) is 9.59 Å². The summed E-state index contributed by atoms with van der Waals surface area (Å²) in [6, 6.07) is 0. The molecule has 0 atom stereocenters. The minimum Gasteiger partial charge on any atom is -0.481 e. The standard InChI is InChI=1S/C7H8N2O2S/c10-6(11)7(2-1-3-7)5-4-12-9-8-5/h4H,1-3H2,(H,10,11). The summed E-state index contributed by atoms with van der Waals surface area (Å²) in [5, 5.41) is 14.5. The molecule has 0 bridgehead atoms. The van der Waals surface area contributed by atoms with Crippen LogP contribution in [0.2, 0.25) is 0 Å². The molecule has 1 fully saturated rings. The van der Waals surface area contributed by atoms with Crippen molar-refractivity contribution in [1.29, 1.82) is 0 Å². The van der Waals surface area contributed by atoms with Crippen LogP contribution in [0.3, 0.4) is 0 Å². The number of hydrogen-bond donors (Lipinski definition) is 1. The molecule has 0 saturated heterocycles. The molecule has 1 aliphatic carbocycles. The second kappa shape index (κ2) is 2.52. The fourth-order valence-electron chi connectivity index (χ4n) is 1.48. The van der Waals surface area contributed by atoms with Crippen LogP contribution < -0.4 is 0 Å². The quantitative estimate of drug-likeness (QED) is 0.746. The first-order valence-corrected chi connectivity index (χ1v) is 4.60. The highest BCUT2D eigenvalue weighted by atomic mass is 32.1. The molecule has 1 heterocycles. The van der Waals surface area contributed by atoms with E-state index in [-0.39, 0.29) is 0 Å². The van der Waals surface area contributed by atoms with Crippen LogP contribution in [0.15, 0.2) is 5.38 Å². The lowest BCUT2D eigenvalue weighted by atomic mass is 9.67.